The summed E-state index contributed by atoms with van der Waals surface area (Å²) in [4.78, 5) is 10.8. The quantitative estimate of drug-likeness (QED) is 0.413. The Labute approximate surface area is 102 Å². The average Bonchev–Trinajstić information content (AvgIpc) is 2.38. The average molecular weight is 234 g/mol. The van der Waals surface area contributed by atoms with Crippen molar-refractivity contribution in [3.63, 3.8) is 0 Å². The molecule has 0 bridgehead atoms. The van der Waals surface area contributed by atoms with Gasteiger partial charge in [0.25, 0.3) is 0 Å². The molecule has 0 radical (unpaired) electrons. The minimum Gasteiger partial charge on any atom is -0.469 e. The summed E-state index contributed by atoms with van der Waals surface area (Å²) in [6.45, 7) is 1.29. The highest BCUT2D eigenvalue weighted by atomic mass is 16.5. The van der Waals surface area contributed by atoms with E-state index in [1.165, 1.54) is 12.7 Å². The molecule has 0 aromatic heterocycles. The summed E-state index contributed by atoms with van der Waals surface area (Å²) in [6, 6.07) is 10.0. The Morgan fingerprint density at radius 2 is 2.00 bits per heavy atom. The normalized spacial score (nSPS) is 10.6. The zero-order valence-corrected chi connectivity index (χ0v) is 10.1. The molecule has 0 aliphatic carbocycles. The van der Waals surface area contributed by atoms with Crippen molar-refractivity contribution < 1.29 is 14.3 Å². The van der Waals surface area contributed by atoms with Crippen molar-refractivity contribution in [3.8, 4) is 0 Å². The van der Waals surface area contributed by atoms with Gasteiger partial charge in [0.2, 0.25) is 0 Å². The highest BCUT2D eigenvalue weighted by molar-refractivity contribution is 5.70. The van der Waals surface area contributed by atoms with Gasteiger partial charge >= 0.3 is 5.97 Å². The first kappa shape index (κ1) is 13.5. The highest BCUT2D eigenvalue weighted by Crippen LogP contribution is 2.01. The van der Waals surface area contributed by atoms with Gasteiger partial charge in [0, 0.05) is 0 Å². The van der Waals surface area contributed by atoms with Crippen LogP contribution in [0.4, 0.5) is 0 Å². The lowest BCUT2D eigenvalue weighted by atomic mass is 10.2. The summed E-state index contributed by atoms with van der Waals surface area (Å²) >= 11 is 0. The third-order valence-corrected chi connectivity index (χ3v) is 2.22. The molecule has 17 heavy (non-hydrogen) atoms. The van der Waals surface area contributed by atoms with Crippen LogP contribution in [0.25, 0.3) is 0 Å². The highest BCUT2D eigenvalue weighted by Gasteiger charge is 1.93. The zero-order chi connectivity index (χ0) is 12.3. The summed E-state index contributed by atoms with van der Waals surface area (Å²) in [7, 11) is 1.39. The molecule has 1 aromatic carbocycles. The Morgan fingerprint density at radius 3 is 2.71 bits per heavy atom. The molecule has 0 aliphatic rings. The monoisotopic (exact) mass is 234 g/mol. The number of carbonyl (C=O) groups excluding carboxylic acids is 1. The molecular weight excluding hydrogens is 216 g/mol. The van der Waals surface area contributed by atoms with Crippen molar-refractivity contribution in [3.05, 3.63) is 48.0 Å². The zero-order valence-electron chi connectivity index (χ0n) is 10.1. The fraction of sp³-hybridized carbons (Fsp3) is 0.357. The molecule has 0 saturated heterocycles. The summed E-state index contributed by atoms with van der Waals surface area (Å²) in [5.74, 6) is -0.216. The number of esters is 1. The van der Waals surface area contributed by atoms with Crippen molar-refractivity contribution in [2.24, 2.45) is 0 Å². The second-order valence-electron chi connectivity index (χ2n) is 3.58. The van der Waals surface area contributed by atoms with E-state index in [1.807, 2.05) is 36.4 Å². The molecule has 0 N–H and O–H groups in total. The van der Waals surface area contributed by atoms with Gasteiger partial charge in [-0.1, -0.05) is 42.5 Å². The van der Waals surface area contributed by atoms with Gasteiger partial charge in [-0.3, -0.25) is 4.79 Å². The van der Waals surface area contributed by atoms with Crippen LogP contribution in [0, 0.1) is 0 Å². The van der Waals surface area contributed by atoms with Gasteiger partial charge in [-0.15, -0.1) is 0 Å². The third-order valence-electron chi connectivity index (χ3n) is 2.22. The number of rotatable bonds is 7. The largest absolute Gasteiger partial charge is 0.469 e. The SMILES string of the molecule is COC(=O)C/C=C/CCOCc1ccccc1. The number of hydrogen-bond donors (Lipinski definition) is 0. The Hall–Kier alpha value is -1.61. The lowest BCUT2D eigenvalue weighted by Gasteiger charge is -2.01. The van der Waals surface area contributed by atoms with E-state index < -0.39 is 0 Å². The van der Waals surface area contributed by atoms with E-state index in [9.17, 15) is 4.79 Å². The van der Waals surface area contributed by atoms with Crippen LogP contribution in [0.2, 0.25) is 0 Å². The maximum absolute atomic E-state index is 10.8. The Morgan fingerprint density at radius 1 is 1.24 bits per heavy atom. The lowest BCUT2D eigenvalue weighted by molar-refractivity contribution is -0.139. The van der Waals surface area contributed by atoms with Gasteiger partial charge in [0.05, 0.1) is 26.7 Å². The first-order chi connectivity index (χ1) is 8.33. The van der Waals surface area contributed by atoms with Crippen molar-refractivity contribution in [2.45, 2.75) is 19.4 Å². The molecule has 92 valence electrons. The smallest absolute Gasteiger partial charge is 0.309 e. The van der Waals surface area contributed by atoms with Crippen molar-refractivity contribution in [2.75, 3.05) is 13.7 Å². The molecule has 1 rings (SSSR count). The Bertz CT molecular complexity index is 344. The predicted octanol–water partition coefficient (Wildman–Crippen LogP) is 2.71. The minimum atomic E-state index is -0.216. The number of benzene rings is 1. The molecule has 0 saturated carbocycles. The molecule has 3 heteroatoms. The van der Waals surface area contributed by atoms with E-state index in [-0.39, 0.29) is 5.97 Å². The topological polar surface area (TPSA) is 35.5 Å². The van der Waals surface area contributed by atoms with Crippen LogP contribution in [-0.4, -0.2) is 19.7 Å². The van der Waals surface area contributed by atoms with Crippen molar-refractivity contribution in [1.82, 2.24) is 0 Å². The molecule has 0 amide bonds. The van der Waals surface area contributed by atoms with Crippen LogP contribution in [0.5, 0.6) is 0 Å². The van der Waals surface area contributed by atoms with E-state index in [2.05, 4.69) is 4.74 Å². The van der Waals surface area contributed by atoms with Crippen molar-refractivity contribution in [1.29, 1.82) is 0 Å². The summed E-state index contributed by atoms with van der Waals surface area (Å²) in [5.41, 5.74) is 1.17. The second kappa shape index (κ2) is 8.53. The van der Waals surface area contributed by atoms with E-state index in [1.54, 1.807) is 6.08 Å². The number of carbonyl (C=O) groups is 1. The minimum absolute atomic E-state index is 0.216. The third kappa shape index (κ3) is 6.53. The maximum atomic E-state index is 10.8. The Kier molecular flexibility index (Phi) is 6.75. The van der Waals surface area contributed by atoms with Gasteiger partial charge in [-0.25, -0.2) is 0 Å². The molecule has 0 spiro atoms. The summed E-state index contributed by atoms with van der Waals surface area (Å²) in [5, 5.41) is 0. The first-order valence-corrected chi connectivity index (χ1v) is 5.66. The molecule has 3 nitrogen and oxygen atoms in total. The number of methoxy groups -OCH3 is 1. The standard InChI is InChI=1S/C14H18O3/c1-16-14(15)10-6-3-7-11-17-12-13-8-4-2-5-9-13/h2-6,8-9H,7,10-12H2,1H3/b6-3+. The van der Waals surface area contributed by atoms with Crippen molar-refractivity contribution >= 4 is 5.97 Å². The van der Waals surface area contributed by atoms with Crippen LogP contribution in [-0.2, 0) is 20.9 Å². The van der Waals surface area contributed by atoms with Gasteiger partial charge in [-0.2, -0.15) is 0 Å². The van der Waals surface area contributed by atoms with E-state index >= 15 is 0 Å². The van der Waals surface area contributed by atoms with Crippen LogP contribution < -0.4 is 0 Å². The van der Waals surface area contributed by atoms with Crippen LogP contribution in [0.15, 0.2) is 42.5 Å². The second-order valence-corrected chi connectivity index (χ2v) is 3.58. The molecule has 0 unspecified atom stereocenters. The van der Waals surface area contributed by atoms with Crippen LogP contribution >= 0.6 is 0 Å². The maximum Gasteiger partial charge on any atom is 0.309 e. The summed E-state index contributed by atoms with van der Waals surface area (Å²) in [6.07, 6.45) is 4.87. The molecule has 0 aliphatic heterocycles. The molecular formula is C14H18O3. The number of ether oxygens (including phenoxy) is 2. The van der Waals surface area contributed by atoms with Crippen LogP contribution in [0.3, 0.4) is 0 Å². The van der Waals surface area contributed by atoms with E-state index in [0.29, 0.717) is 19.6 Å². The van der Waals surface area contributed by atoms with Gasteiger partial charge in [-0.05, 0) is 12.0 Å². The summed E-state index contributed by atoms with van der Waals surface area (Å²) < 4.78 is 10.00. The van der Waals surface area contributed by atoms with Gasteiger partial charge in [0.15, 0.2) is 0 Å². The predicted molar refractivity (Wildman–Crippen MR) is 66.5 cm³/mol. The molecule has 0 fully saturated rings. The fourth-order valence-corrected chi connectivity index (χ4v) is 1.30. The first-order valence-electron chi connectivity index (χ1n) is 5.66. The number of hydrogen-bond acceptors (Lipinski definition) is 3. The Balaban J connectivity index is 2.03. The van der Waals surface area contributed by atoms with Crippen LogP contribution in [0.1, 0.15) is 18.4 Å². The fourth-order valence-electron chi connectivity index (χ4n) is 1.30. The van der Waals surface area contributed by atoms with Gasteiger partial charge in [0.1, 0.15) is 0 Å². The lowest BCUT2D eigenvalue weighted by Crippen LogP contribution is -1.97. The van der Waals surface area contributed by atoms with Gasteiger partial charge < -0.3 is 9.47 Å². The molecule has 0 atom stereocenters. The van der Waals surface area contributed by atoms with E-state index in [4.69, 9.17) is 4.74 Å². The molecule has 0 heterocycles. The molecule has 1 aromatic rings. The van der Waals surface area contributed by atoms with E-state index in [0.717, 1.165) is 6.42 Å².